The van der Waals surface area contributed by atoms with Gasteiger partial charge in [-0.3, -0.25) is 0 Å². The molecule has 19 heavy (non-hydrogen) atoms. The summed E-state index contributed by atoms with van der Waals surface area (Å²) in [5.74, 6) is 1.17. The molecule has 0 aliphatic heterocycles. The van der Waals surface area contributed by atoms with Crippen LogP contribution in [-0.2, 0) is 6.54 Å². The standard InChI is InChI=1S/C14H21N5/c1-4-18(5-2)14-16-13(15)19(17-14)10-12-8-6-7-11(3)9-12/h6-9H,4-5,10H2,1-3H3,(H2,15,16,17). The van der Waals surface area contributed by atoms with E-state index in [9.17, 15) is 0 Å². The molecule has 2 rings (SSSR count). The van der Waals surface area contributed by atoms with Gasteiger partial charge in [0.2, 0.25) is 11.9 Å². The fraction of sp³-hybridized carbons (Fsp3) is 0.429. The Morgan fingerprint density at radius 2 is 2.00 bits per heavy atom. The largest absolute Gasteiger partial charge is 0.368 e. The molecule has 0 amide bonds. The molecule has 102 valence electrons. The summed E-state index contributed by atoms with van der Waals surface area (Å²) in [5.41, 5.74) is 8.36. The van der Waals surface area contributed by atoms with Gasteiger partial charge in [-0.15, -0.1) is 5.10 Å². The molecule has 0 aliphatic rings. The predicted molar refractivity (Wildman–Crippen MR) is 78.3 cm³/mol. The van der Waals surface area contributed by atoms with E-state index >= 15 is 0 Å². The molecule has 5 nitrogen and oxygen atoms in total. The molecule has 2 N–H and O–H groups in total. The first-order valence-electron chi connectivity index (χ1n) is 6.64. The second-order valence-electron chi connectivity index (χ2n) is 4.59. The van der Waals surface area contributed by atoms with Crippen molar-refractivity contribution < 1.29 is 0 Å². The highest BCUT2D eigenvalue weighted by molar-refractivity contribution is 5.35. The van der Waals surface area contributed by atoms with Crippen molar-refractivity contribution in [2.45, 2.75) is 27.3 Å². The van der Waals surface area contributed by atoms with Crippen molar-refractivity contribution in [3.8, 4) is 0 Å². The minimum absolute atomic E-state index is 0.461. The lowest BCUT2D eigenvalue weighted by atomic mass is 10.1. The van der Waals surface area contributed by atoms with Gasteiger partial charge in [-0.1, -0.05) is 29.8 Å². The molecule has 0 aliphatic carbocycles. The Balaban J connectivity index is 2.21. The zero-order valence-electron chi connectivity index (χ0n) is 11.8. The van der Waals surface area contributed by atoms with Crippen LogP contribution in [0.4, 0.5) is 11.9 Å². The third kappa shape index (κ3) is 3.05. The number of hydrogen-bond acceptors (Lipinski definition) is 4. The number of nitrogens with two attached hydrogens (primary N) is 1. The average molecular weight is 259 g/mol. The normalized spacial score (nSPS) is 10.7. The lowest BCUT2D eigenvalue weighted by Crippen LogP contribution is -2.23. The summed E-state index contributed by atoms with van der Waals surface area (Å²) >= 11 is 0. The lowest BCUT2D eigenvalue weighted by molar-refractivity contribution is 0.686. The van der Waals surface area contributed by atoms with Crippen molar-refractivity contribution >= 4 is 11.9 Å². The van der Waals surface area contributed by atoms with Gasteiger partial charge in [-0.2, -0.15) is 4.98 Å². The Morgan fingerprint density at radius 1 is 1.26 bits per heavy atom. The van der Waals surface area contributed by atoms with Gasteiger partial charge >= 0.3 is 0 Å². The number of anilines is 2. The highest BCUT2D eigenvalue weighted by atomic mass is 15.4. The highest BCUT2D eigenvalue weighted by Gasteiger charge is 2.11. The van der Waals surface area contributed by atoms with E-state index in [1.165, 1.54) is 11.1 Å². The molecule has 5 heteroatoms. The van der Waals surface area contributed by atoms with E-state index in [0.29, 0.717) is 18.4 Å². The quantitative estimate of drug-likeness (QED) is 0.893. The number of benzene rings is 1. The highest BCUT2D eigenvalue weighted by Crippen LogP contribution is 2.13. The molecule has 0 saturated heterocycles. The van der Waals surface area contributed by atoms with E-state index in [-0.39, 0.29) is 0 Å². The number of nitrogens with zero attached hydrogens (tertiary/aromatic N) is 4. The van der Waals surface area contributed by atoms with Gasteiger partial charge in [0.05, 0.1) is 6.54 Å². The second kappa shape index (κ2) is 5.73. The van der Waals surface area contributed by atoms with Gasteiger partial charge in [-0.05, 0) is 26.3 Å². The SMILES string of the molecule is CCN(CC)c1nc(N)n(Cc2cccc(C)c2)n1. The maximum atomic E-state index is 5.94. The Hall–Kier alpha value is -2.04. The van der Waals surface area contributed by atoms with Gasteiger partial charge in [0.25, 0.3) is 0 Å². The maximum Gasteiger partial charge on any atom is 0.246 e. The first-order valence-corrected chi connectivity index (χ1v) is 6.64. The molecule has 0 atom stereocenters. The Labute approximate surface area is 114 Å². The van der Waals surface area contributed by atoms with Gasteiger partial charge < -0.3 is 10.6 Å². The summed E-state index contributed by atoms with van der Waals surface area (Å²) in [4.78, 5) is 6.41. The van der Waals surface area contributed by atoms with E-state index in [1.807, 2.05) is 6.07 Å². The van der Waals surface area contributed by atoms with Crippen molar-refractivity contribution in [2.75, 3.05) is 23.7 Å². The zero-order chi connectivity index (χ0) is 13.8. The molecule has 0 radical (unpaired) electrons. The van der Waals surface area contributed by atoms with Gasteiger partial charge in [0.15, 0.2) is 0 Å². The van der Waals surface area contributed by atoms with E-state index in [4.69, 9.17) is 5.73 Å². The maximum absolute atomic E-state index is 5.94. The smallest absolute Gasteiger partial charge is 0.246 e. The molecule has 0 unspecified atom stereocenters. The first-order chi connectivity index (χ1) is 9.13. The molecule has 0 spiro atoms. The molecule has 1 heterocycles. The van der Waals surface area contributed by atoms with Crippen molar-refractivity contribution in [1.29, 1.82) is 0 Å². The molecule has 0 fully saturated rings. The summed E-state index contributed by atoms with van der Waals surface area (Å²) in [6.45, 7) is 8.66. The van der Waals surface area contributed by atoms with Crippen LogP contribution >= 0.6 is 0 Å². The summed E-state index contributed by atoms with van der Waals surface area (Å²) in [5, 5.41) is 4.48. The van der Waals surface area contributed by atoms with E-state index in [1.54, 1.807) is 4.68 Å². The Bertz CT molecular complexity index is 543. The molecule has 1 aromatic heterocycles. The summed E-state index contributed by atoms with van der Waals surface area (Å²) in [6.07, 6.45) is 0. The van der Waals surface area contributed by atoms with Crippen LogP contribution in [0.3, 0.4) is 0 Å². The van der Waals surface area contributed by atoms with Crippen LogP contribution in [0.15, 0.2) is 24.3 Å². The van der Waals surface area contributed by atoms with Gasteiger partial charge in [-0.25, -0.2) is 4.68 Å². The molecule has 0 saturated carbocycles. The number of nitrogen functional groups attached to an aromatic ring is 1. The van der Waals surface area contributed by atoms with Crippen molar-refractivity contribution in [2.24, 2.45) is 0 Å². The van der Waals surface area contributed by atoms with Crippen LogP contribution in [0.1, 0.15) is 25.0 Å². The van der Waals surface area contributed by atoms with Crippen molar-refractivity contribution in [3.05, 3.63) is 35.4 Å². The Kier molecular flexibility index (Phi) is 4.04. The van der Waals surface area contributed by atoms with E-state index in [0.717, 1.165) is 13.1 Å². The first kappa shape index (κ1) is 13.4. The van der Waals surface area contributed by atoms with Crippen LogP contribution in [0.5, 0.6) is 0 Å². The molecule has 0 bridgehead atoms. The predicted octanol–water partition coefficient (Wildman–Crippen LogP) is 2.06. The van der Waals surface area contributed by atoms with Crippen molar-refractivity contribution in [1.82, 2.24) is 14.8 Å². The molecule has 1 aromatic carbocycles. The molecular weight excluding hydrogens is 238 g/mol. The van der Waals surface area contributed by atoms with Crippen molar-refractivity contribution in [3.63, 3.8) is 0 Å². The number of hydrogen-bond donors (Lipinski definition) is 1. The molecule has 2 aromatic rings. The van der Waals surface area contributed by atoms with Gasteiger partial charge in [0.1, 0.15) is 0 Å². The Morgan fingerprint density at radius 3 is 2.63 bits per heavy atom. The number of aryl methyl sites for hydroxylation is 1. The van der Waals surface area contributed by atoms with E-state index in [2.05, 4.69) is 54.0 Å². The minimum atomic E-state index is 0.461. The lowest BCUT2D eigenvalue weighted by Gasteiger charge is -2.15. The summed E-state index contributed by atoms with van der Waals surface area (Å²) < 4.78 is 1.75. The van der Waals surface area contributed by atoms with Crippen LogP contribution in [-0.4, -0.2) is 27.9 Å². The van der Waals surface area contributed by atoms with Gasteiger partial charge in [0, 0.05) is 13.1 Å². The van der Waals surface area contributed by atoms with Crippen LogP contribution in [0.2, 0.25) is 0 Å². The number of aromatic nitrogens is 3. The van der Waals surface area contributed by atoms with E-state index < -0.39 is 0 Å². The zero-order valence-corrected chi connectivity index (χ0v) is 11.8. The topological polar surface area (TPSA) is 60.0 Å². The monoisotopic (exact) mass is 259 g/mol. The molecular formula is C14H21N5. The average Bonchev–Trinajstić information content (AvgIpc) is 2.72. The third-order valence-corrected chi connectivity index (χ3v) is 3.15. The minimum Gasteiger partial charge on any atom is -0.368 e. The van der Waals surface area contributed by atoms with Crippen LogP contribution < -0.4 is 10.6 Å². The summed E-state index contributed by atoms with van der Waals surface area (Å²) in [7, 11) is 0. The summed E-state index contributed by atoms with van der Waals surface area (Å²) in [6, 6.07) is 8.34. The number of rotatable bonds is 5. The second-order valence-corrected chi connectivity index (χ2v) is 4.59. The third-order valence-electron chi connectivity index (χ3n) is 3.15. The van der Waals surface area contributed by atoms with Crippen LogP contribution in [0, 0.1) is 6.92 Å². The van der Waals surface area contributed by atoms with Crippen LogP contribution in [0.25, 0.3) is 0 Å². The fourth-order valence-electron chi connectivity index (χ4n) is 2.08. The fourth-order valence-corrected chi connectivity index (χ4v) is 2.08.